The van der Waals surface area contributed by atoms with Crippen LogP contribution in [0.15, 0.2) is 60.7 Å². The van der Waals surface area contributed by atoms with E-state index in [1.165, 1.54) is 0 Å². The van der Waals surface area contributed by atoms with Crippen LogP contribution in [-0.2, 0) is 11.2 Å². The average molecular weight is 283 g/mol. The Kier molecular flexibility index (Phi) is 4.40. The number of rotatable bonds is 4. The Labute approximate surface area is 122 Å². The van der Waals surface area contributed by atoms with Crippen molar-refractivity contribution in [3.8, 4) is 0 Å². The maximum atomic E-state index is 12.7. The van der Waals surface area contributed by atoms with E-state index in [1.54, 1.807) is 0 Å². The average Bonchev–Trinajstić information content (AvgIpc) is 2.39. The van der Waals surface area contributed by atoms with Crippen LogP contribution in [0, 0.1) is 0 Å². The highest BCUT2D eigenvalue weighted by molar-refractivity contribution is 6.83. The van der Waals surface area contributed by atoms with E-state index >= 15 is 0 Å². The number of carbonyl (C=O) groups is 1. The molecule has 0 saturated carbocycles. The molecule has 0 aromatic heterocycles. The van der Waals surface area contributed by atoms with Crippen molar-refractivity contribution in [1.29, 1.82) is 0 Å². The van der Waals surface area contributed by atoms with Crippen LogP contribution in [0.2, 0.25) is 19.6 Å². The van der Waals surface area contributed by atoms with Gasteiger partial charge in [-0.05, 0) is 17.7 Å². The van der Waals surface area contributed by atoms with Gasteiger partial charge in [0.2, 0.25) is 5.91 Å². The lowest BCUT2D eigenvalue weighted by Crippen LogP contribution is -2.50. The van der Waals surface area contributed by atoms with Gasteiger partial charge in [-0.1, -0.05) is 68.2 Å². The van der Waals surface area contributed by atoms with E-state index in [9.17, 15) is 4.79 Å². The van der Waals surface area contributed by atoms with E-state index in [1.807, 2.05) is 65.2 Å². The van der Waals surface area contributed by atoms with Gasteiger partial charge in [0.25, 0.3) is 0 Å². The normalized spacial score (nSPS) is 11.2. The molecule has 0 bridgehead atoms. The summed E-state index contributed by atoms with van der Waals surface area (Å²) in [6.45, 7) is 6.59. The SMILES string of the molecule is C[Si](C)(C)N(C(=O)Cc1ccccc1)c1ccccc1. The Bertz CT molecular complexity index is 561. The lowest BCUT2D eigenvalue weighted by Gasteiger charge is -2.34. The quantitative estimate of drug-likeness (QED) is 0.774. The minimum absolute atomic E-state index is 0.182. The molecule has 0 saturated heterocycles. The first-order chi connectivity index (χ1) is 9.48. The van der Waals surface area contributed by atoms with E-state index < -0.39 is 8.24 Å². The molecule has 0 N–H and O–H groups in total. The molecule has 1 amide bonds. The minimum atomic E-state index is -1.76. The summed E-state index contributed by atoms with van der Waals surface area (Å²) >= 11 is 0. The standard InChI is InChI=1S/C17H21NOSi/c1-20(2,3)18(16-12-8-5-9-13-16)17(19)14-15-10-6-4-7-11-15/h4-13H,14H2,1-3H3. The molecule has 3 heteroatoms. The van der Waals surface area contributed by atoms with E-state index in [-0.39, 0.29) is 5.91 Å². The maximum Gasteiger partial charge on any atom is 0.223 e. The molecule has 20 heavy (non-hydrogen) atoms. The van der Waals surface area contributed by atoms with Gasteiger partial charge in [0.1, 0.15) is 0 Å². The fraction of sp³-hybridized carbons (Fsp3) is 0.235. The molecule has 0 spiro atoms. The summed E-state index contributed by atoms with van der Waals surface area (Å²) in [4.78, 5) is 12.7. The molecule has 0 aliphatic rings. The van der Waals surface area contributed by atoms with Crippen LogP contribution in [0.3, 0.4) is 0 Å². The molecule has 0 unspecified atom stereocenters. The van der Waals surface area contributed by atoms with Crippen molar-refractivity contribution in [1.82, 2.24) is 0 Å². The third-order valence-corrected chi connectivity index (χ3v) is 4.98. The molecule has 2 rings (SSSR count). The predicted molar refractivity (Wildman–Crippen MR) is 87.4 cm³/mol. The molecule has 0 aliphatic heterocycles. The summed E-state index contributed by atoms with van der Waals surface area (Å²) < 4.78 is 2.01. The number of para-hydroxylation sites is 1. The first-order valence-electron chi connectivity index (χ1n) is 6.90. The zero-order valence-electron chi connectivity index (χ0n) is 12.3. The molecular weight excluding hydrogens is 262 g/mol. The second-order valence-electron chi connectivity index (χ2n) is 5.90. The lowest BCUT2D eigenvalue weighted by molar-refractivity contribution is -0.117. The second kappa shape index (κ2) is 6.05. The predicted octanol–water partition coefficient (Wildman–Crippen LogP) is 4.10. The molecule has 0 atom stereocenters. The van der Waals surface area contributed by atoms with Crippen LogP contribution in [0.1, 0.15) is 5.56 Å². The highest BCUT2D eigenvalue weighted by Crippen LogP contribution is 2.22. The summed E-state index contributed by atoms with van der Waals surface area (Å²) in [7, 11) is -1.76. The Morgan fingerprint density at radius 2 is 1.40 bits per heavy atom. The van der Waals surface area contributed by atoms with E-state index in [4.69, 9.17) is 0 Å². The van der Waals surface area contributed by atoms with Crippen molar-refractivity contribution < 1.29 is 4.79 Å². The molecule has 0 heterocycles. The number of nitrogens with zero attached hydrogens (tertiary/aromatic N) is 1. The summed E-state index contributed by atoms with van der Waals surface area (Å²) in [5, 5.41) is 0. The maximum absolute atomic E-state index is 12.7. The third-order valence-electron chi connectivity index (χ3n) is 3.13. The van der Waals surface area contributed by atoms with Crippen LogP contribution in [0.25, 0.3) is 0 Å². The van der Waals surface area contributed by atoms with Gasteiger partial charge in [-0.2, -0.15) is 0 Å². The Morgan fingerprint density at radius 1 is 0.900 bits per heavy atom. The molecule has 0 aliphatic carbocycles. The van der Waals surface area contributed by atoms with Gasteiger partial charge < -0.3 is 4.57 Å². The van der Waals surface area contributed by atoms with Gasteiger partial charge >= 0.3 is 0 Å². The highest BCUT2D eigenvalue weighted by atomic mass is 28.3. The molecule has 0 radical (unpaired) electrons. The van der Waals surface area contributed by atoms with Gasteiger partial charge in [-0.15, -0.1) is 0 Å². The minimum Gasteiger partial charge on any atom is -0.341 e. The number of anilines is 1. The number of hydrogen-bond donors (Lipinski definition) is 0. The van der Waals surface area contributed by atoms with E-state index in [0.29, 0.717) is 6.42 Å². The zero-order valence-corrected chi connectivity index (χ0v) is 13.3. The van der Waals surface area contributed by atoms with Crippen LogP contribution in [-0.4, -0.2) is 14.1 Å². The van der Waals surface area contributed by atoms with Crippen molar-refractivity contribution in [2.24, 2.45) is 0 Å². The molecule has 2 nitrogen and oxygen atoms in total. The van der Waals surface area contributed by atoms with Crippen molar-refractivity contribution in [3.05, 3.63) is 66.2 Å². The first kappa shape index (κ1) is 14.5. The van der Waals surface area contributed by atoms with Crippen molar-refractivity contribution in [2.75, 3.05) is 4.57 Å². The van der Waals surface area contributed by atoms with Gasteiger partial charge in [-0.3, -0.25) is 4.79 Å². The van der Waals surface area contributed by atoms with Crippen LogP contribution >= 0.6 is 0 Å². The molecule has 0 fully saturated rings. The number of benzene rings is 2. The molecule has 2 aromatic carbocycles. The van der Waals surface area contributed by atoms with Crippen LogP contribution < -0.4 is 4.57 Å². The molecule has 2 aromatic rings. The van der Waals surface area contributed by atoms with Gasteiger partial charge in [0, 0.05) is 5.69 Å². The monoisotopic (exact) mass is 283 g/mol. The number of hydrogen-bond acceptors (Lipinski definition) is 1. The fourth-order valence-corrected chi connectivity index (χ4v) is 4.08. The van der Waals surface area contributed by atoms with Gasteiger partial charge in [0.15, 0.2) is 8.24 Å². The molecular formula is C17H21NOSi. The lowest BCUT2D eigenvalue weighted by atomic mass is 10.1. The third kappa shape index (κ3) is 3.58. The van der Waals surface area contributed by atoms with Crippen molar-refractivity contribution in [3.63, 3.8) is 0 Å². The fourth-order valence-electron chi connectivity index (χ4n) is 2.33. The summed E-state index contributed by atoms with van der Waals surface area (Å²) in [5.41, 5.74) is 2.07. The van der Waals surface area contributed by atoms with Crippen molar-refractivity contribution in [2.45, 2.75) is 26.1 Å². The van der Waals surface area contributed by atoms with E-state index in [2.05, 4.69) is 19.6 Å². The van der Waals surface area contributed by atoms with E-state index in [0.717, 1.165) is 11.3 Å². The largest absolute Gasteiger partial charge is 0.341 e. The zero-order chi connectivity index (χ0) is 14.6. The summed E-state index contributed by atoms with van der Waals surface area (Å²) in [5.74, 6) is 0.182. The second-order valence-corrected chi connectivity index (χ2v) is 10.7. The topological polar surface area (TPSA) is 20.3 Å². The van der Waals surface area contributed by atoms with Gasteiger partial charge in [-0.25, -0.2) is 0 Å². The van der Waals surface area contributed by atoms with Crippen molar-refractivity contribution >= 4 is 19.8 Å². The van der Waals surface area contributed by atoms with Crippen LogP contribution in [0.4, 0.5) is 5.69 Å². The molecule has 104 valence electrons. The highest BCUT2D eigenvalue weighted by Gasteiger charge is 2.29. The Hall–Kier alpha value is -1.87. The number of amides is 1. The van der Waals surface area contributed by atoms with Crippen LogP contribution in [0.5, 0.6) is 0 Å². The van der Waals surface area contributed by atoms with Gasteiger partial charge in [0.05, 0.1) is 6.42 Å². The summed E-state index contributed by atoms with van der Waals surface area (Å²) in [6, 6.07) is 19.9. The smallest absolute Gasteiger partial charge is 0.223 e. The Balaban J connectivity index is 2.26. The first-order valence-corrected chi connectivity index (χ1v) is 10.4. The Morgan fingerprint density at radius 3 is 1.90 bits per heavy atom. The number of carbonyl (C=O) groups excluding carboxylic acids is 1. The summed E-state index contributed by atoms with van der Waals surface area (Å²) in [6.07, 6.45) is 0.458.